The first-order chi connectivity index (χ1) is 7.92. The molecule has 0 saturated carbocycles. The van der Waals surface area contributed by atoms with Gasteiger partial charge in [-0.05, 0) is 20.3 Å². The highest BCUT2D eigenvalue weighted by Gasteiger charge is 2.24. The topological polar surface area (TPSA) is 64.0 Å². The van der Waals surface area contributed by atoms with Gasteiger partial charge in [-0.3, -0.25) is 9.69 Å². The highest BCUT2D eigenvalue weighted by Crippen LogP contribution is 2.09. The number of nitrogens with zero attached hydrogens (tertiary/aromatic N) is 2. The van der Waals surface area contributed by atoms with Gasteiger partial charge in [-0.2, -0.15) is 0 Å². The zero-order valence-electron chi connectivity index (χ0n) is 10.9. The van der Waals surface area contributed by atoms with Gasteiger partial charge in [0.2, 0.25) is 5.91 Å². The number of β-amino-alcohol motifs (C(OH)–C–C–N with tert-alkyl or cyclic N) is 1. The van der Waals surface area contributed by atoms with E-state index < -0.39 is 5.60 Å². The van der Waals surface area contributed by atoms with Crippen LogP contribution < -0.4 is 0 Å². The molecule has 0 radical (unpaired) electrons. The molecule has 0 aromatic rings. The Hall–Kier alpha value is -0.650. The molecule has 100 valence electrons. The summed E-state index contributed by atoms with van der Waals surface area (Å²) in [6.07, 6.45) is 0.977. The van der Waals surface area contributed by atoms with Crippen molar-refractivity contribution in [2.45, 2.75) is 32.3 Å². The lowest BCUT2D eigenvalue weighted by molar-refractivity contribution is -0.133. The second-order valence-corrected chi connectivity index (χ2v) is 5.30. The van der Waals surface area contributed by atoms with Crippen LogP contribution in [-0.2, 0) is 4.79 Å². The molecule has 1 aliphatic rings. The molecule has 0 aliphatic carbocycles. The van der Waals surface area contributed by atoms with Gasteiger partial charge in [-0.25, -0.2) is 0 Å². The van der Waals surface area contributed by atoms with E-state index in [1.54, 1.807) is 13.8 Å². The van der Waals surface area contributed by atoms with Crippen LogP contribution >= 0.6 is 0 Å². The molecular formula is C12H24N2O3. The molecule has 5 heteroatoms. The van der Waals surface area contributed by atoms with E-state index in [1.807, 2.05) is 4.90 Å². The van der Waals surface area contributed by atoms with E-state index in [0.717, 1.165) is 26.2 Å². The summed E-state index contributed by atoms with van der Waals surface area (Å²) < 4.78 is 0. The monoisotopic (exact) mass is 244 g/mol. The summed E-state index contributed by atoms with van der Waals surface area (Å²) >= 11 is 0. The summed E-state index contributed by atoms with van der Waals surface area (Å²) in [4.78, 5) is 15.7. The third kappa shape index (κ3) is 5.48. The van der Waals surface area contributed by atoms with E-state index in [1.165, 1.54) is 0 Å². The van der Waals surface area contributed by atoms with Gasteiger partial charge >= 0.3 is 0 Å². The zero-order valence-corrected chi connectivity index (χ0v) is 10.9. The molecule has 1 saturated heterocycles. The van der Waals surface area contributed by atoms with Crippen molar-refractivity contribution in [3.63, 3.8) is 0 Å². The van der Waals surface area contributed by atoms with Crippen LogP contribution in [0.2, 0.25) is 0 Å². The fourth-order valence-electron chi connectivity index (χ4n) is 2.09. The van der Waals surface area contributed by atoms with Gasteiger partial charge in [0.05, 0.1) is 5.60 Å². The lowest BCUT2D eigenvalue weighted by atomic mass is 10.1. The van der Waals surface area contributed by atoms with Crippen molar-refractivity contribution < 1.29 is 15.0 Å². The van der Waals surface area contributed by atoms with E-state index in [-0.39, 0.29) is 12.5 Å². The number of piperazine rings is 1. The fourth-order valence-corrected chi connectivity index (χ4v) is 2.09. The van der Waals surface area contributed by atoms with Gasteiger partial charge in [0.1, 0.15) is 0 Å². The van der Waals surface area contributed by atoms with Crippen molar-refractivity contribution in [3.8, 4) is 0 Å². The number of rotatable bonds is 5. The Bertz CT molecular complexity index is 243. The Morgan fingerprint density at radius 3 is 2.29 bits per heavy atom. The number of aliphatic hydroxyl groups is 2. The number of hydrogen-bond donors (Lipinski definition) is 2. The average molecular weight is 244 g/mol. The van der Waals surface area contributed by atoms with Gasteiger partial charge in [-0.1, -0.05) is 0 Å². The number of amides is 1. The summed E-state index contributed by atoms with van der Waals surface area (Å²) in [6, 6.07) is 0. The smallest absolute Gasteiger partial charge is 0.222 e. The largest absolute Gasteiger partial charge is 0.396 e. The predicted octanol–water partition coefficient (Wildman–Crippen LogP) is -0.326. The highest BCUT2D eigenvalue weighted by atomic mass is 16.3. The predicted molar refractivity (Wildman–Crippen MR) is 65.6 cm³/mol. The third-order valence-electron chi connectivity index (χ3n) is 2.88. The van der Waals surface area contributed by atoms with Crippen LogP contribution in [0.15, 0.2) is 0 Å². The van der Waals surface area contributed by atoms with Crippen LogP contribution in [0.25, 0.3) is 0 Å². The fraction of sp³-hybridized carbons (Fsp3) is 0.917. The van der Waals surface area contributed by atoms with Crippen LogP contribution in [-0.4, -0.2) is 70.9 Å². The Kier molecular flexibility index (Phi) is 5.36. The van der Waals surface area contributed by atoms with Gasteiger partial charge in [-0.15, -0.1) is 0 Å². The molecule has 2 N–H and O–H groups in total. The lowest BCUT2D eigenvalue weighted by Gasteiger charge is -2.37. The van der Waals surface area contributed by atoms with E-state index in [2.05, 4.69) is 4.90 Å². The maximum Gasteiger partial charge on any atom is 0.222 e. The zero-order chi connectivity index (χ0) is 12.9. The SMILES string of the molecule is CC(C)(O)CN1CCN(C(=O)CCCO)CC1. The van der Waals surface area contributed by atoms with Crippen molar-refractivity contribution in [1.82, 2.24) is 9.80 Å². The minimum absolute atomic E-state index is 0.0738. The number of carbonyl (C=O) groups excluding carboxylic acids is 1. The normalized spacial score (nSPS) is 18.5. The molecule has 0 bridgehead atoms. The summed E-state index contributed by atoms with van der Waals surface area (Å²) in [5.74, 6) is 0.127. The second-order valence-electron chi connectivity index (χ2n) is 5.30. The molecule has 17 heavy (non-hydrogen) atoms. The van der Waals surface area contributed by atoms with E-state index in [0.29, 0.717) is 19.4 Å². The van der Waals surface area contributed by atoms with Gasteiger partial charge < -0.3 is 15.1 Å². The number of hydrogen-bond acceptors (Lipinski definition) is 4. The minimum atomic E-state index is -0.678. The standard InChI is InChI=1S/C12H24N2O3/c1-12(2,17)10-13-5-7-14(8-6-13)11(16)4-3-9-15/h15,17H,3-10H2,1-2H3. The first kappa shape index (κ1) is 14.4. The molecule has 0 atom stereocenters. The van der Waals surface area contributed by atoms with Crippen LogP contribution in [0, 0.1) is 0 Å². The van der Waals surface area contributed by atoms with Crippen molar-refractivity contribution in [2.75, 3.05) is 39.3 Å². The van der Waals surface area contributed by atoms with Gasteiger partial charge in [0.25, 0.3) is 0 Å². The summed E-state index contributed by atoms with van der Waals surface area (Å²) in [7, 11) is 0. The highest BCUT2D eigenvalue weighted by molar-refractivity contribution is 5.76. The molecule has 0 unspecified atom stereocenters. The molecular weight excluding hydrogens is 220 g/mol. The molecule has 1 aliphatic heterocycles. The molecule has 1 fully saturated rings. The third-order valence-corrected chi connectivity index (χ3v) is 2.88. The maximum atomic E-state index is 11.7. The molecule has 5 nitrogen and oxygen atoms in total. The van der Waals surface area contributed by atoms with Crippen LogP contribution in [0.5, 0.6) is 0 Å². The maximum absolute atomic E-state index is 11.7. The number of aliphatic hydroxyl groups excluding tert-OH is 1. The Morgan fingerprint density at radius 1 is 1.24 bits per heavy atom. The molecule has 0 aromatic heterocycles. The molecule has 0 spiro atoms. The second kappa shape index (κ2) is 6.33. The van der Waals surface area contributed by atoms with E-state index >= 15 is 0 Å². The van der Waals surface area contributed by atoms with Crippen LogP contribution in [0.1, 0.15) is 26.7 Å². The quantitative estimate of drug-likeness (QED) is 0.695. The van der Waals surface area contributed by atoms with E-state index in [9.17, 15) is 9.90 Å². The summed E-state index contributed by atoms with van der Waals surface area (Å²) in [5, 5.41) is 18.4. The molecule has 1 rings (SSSR count). The Labute approximate surface area is 103 Å². The lowest BCUT2D eigenvalue weighted by Crippen LogP contribution is -2.51. The first-order valence-electron chi connectivity index (χ1n) is 6.26. The van der Waals surface area contributed by atoms with Crippen LogP contribution in [0.3, 0.4) is 0 Å². The molecule has 1 heterocycles. The summed E-state index contributed by atoms with van der Waals surface area (Å²) in [6.45, 7) is 7.39. The van der Waals surface area contributed by atoms with Crippen LogP contribution in [0.4, 0.5) is 0 Å². The number of carbonyl (C=O) groups is 1. The summed E-state index contributed by atoms with van der Waals surface area (Å²) in [5.41, 5.74) is -0.678. The van der Waals surface area contributed by atoms with E-state index in [4.69, 9.17) is 5.11 Å². The minimum Gasteiger partial charge on any atom is -0.396 e. The van der Waals surface area contributed by atoms with Crippen molar-refractivity contribution in [2.24, 2.45) is 0 Å². The van der Waals surface area contributed by atoms with Gasteiger partial charge in [0.15, 0.2) is 0 Å². The van der Waals surface area contributed by atoms with Gasteiger partial charge in [0, 0.05) is 45.8 Å². The van der Waals surface area contributed by atoms with Crippen molar-refractivity contribution in [3.05, 3.63) is 0 Å². The average Bonchev–Trinajstić information content (AvgIpc) is 2.24. The Morgan fingerprint density at radius 2 is 1.82 bits per heavy atom. The van der Waals surface area contributed by atoms with Crippen molar-refractivity contribution >= 4 is 5.91 Å². The first-order valence-corrected chi connectivity index (χ1v) is 6.26. The molecule has 0 aromatic carbocycles. The van der Waals surface area contributed by atoms with Crippen molar-refractivity contribution in [1.29, 1.82) is 0 Å². The molecule has 1 amide bonds. The Balaban J connectivity index is 2.28.